The van der Waals surface area contributed by atoms with Crippen molar-refractivity contribution in [2.75, 3.05) is 23.3 Å². The molecule has 168 valence electrons. The lowest BCUT2D eigenvalue weighted by molar-refractivity contribution is -0.116. The van der Waals surface area contributed by atoms with Crippen LogP contribution < -0.4 is 15.5 Å². The highest BCUT2D eigenvalue weighted by atomic mass is 19.1. The predicted molar refractivity (Wildman–Crippen MR) is 120 cm³/mol. The normalized spacial score (nSPS) is 12.2. The number of benzene rings is 3. The van der Waals surface area contributed by atoms with Crippen LogP contribution >= 0.6 is 0 Å². The highest BCUT2D eigenvalue weighted by molar-refractivity contribution is 6.07. The van der Waals surface area contributed by atoms with Crippen LogP contribution in [0.1, 0.15) is 32.7 Å². The van der Waals surface area contributed by atoms with Crippen molar-refractivity contribution in [2.24, 2.45) is 0 Å². The maximum absolute atomic E-state index is 13.6. The van der Waals surface area contributed by atoms with Crippen molar-refractivity contribution in [1.29, 1.82) is 0 Å². The van der Waals surface area contributed by atoms with E-state index in [9.17, 15) is 23.2 Å². The molecule has 2 N–H and O–H groups in total. The quantitative estimate of drug-likeness (QED) is 0.599. The van der Waals surface area contributed by atoms with Gasteiger partial charge in [0.15, 0.2) is 0 Å². The fourth-order valence-electron chi connectivity index (χ4n) is 3.68. The summed E-state index contributed by atoms with van der Waals surface area (Å²) in [5.74, 6) is -2.94. The van der Waals surface area contributed by atoms with E-state index < -0.39 is 17.5 Å². The average molecular weight is 449 g/mol. The number of anilines is 2. The van der Waals surface area contributed by atoms with E-state index in [2.05, 4.69) is 10.6 Å². The molecule has 0 radical (unpaired) electrons. The SMILES string of the molecule is O=C(CCNC(=O)c1ccc(F)cc1F)Nc1ccc(C(=O)N2CCc3ccccc32)cc1. The molecule has 1 aliphatic rings. The Balaban J connectivity index is 1.28. The summed E-state index contributed by atoms with van der Waals surface area (Å²) in [7, 11) is 0. The molecule has 0 unspecified atom stereocenters. The molecule has 6 nitrogen and oxygen atoms in total. The van der Waals surface area contributed by atoms with Gasteiger partial charge in [-0.1, -0.05) is 18.2 Å². The molecule has 4 rings (SSSR count). The van der Waals surface area contributed by atoms with Gasteiger partial charge in [0.05, 0.1) is 5.56 Å². The standard InChI is InChI=1S/C25H21F2N3O3/c26-18-7-10-20(21(27)15-18)24(32)28-13-11-23(31)29-19-8-5-17(6-9-19)25(33)30-14-12-16-3-1-2-4-22(16)30/h1-10,15H,11-14H2,(H,28,32)(H,29,31). The molecule has 0 saturated heterocycles. The molecule has 0 saturated carbocycles. The van der Waals surface area contributed by atoms with Crippen LogP contribution in [0.15, 0.2) is 66.7 Å². The summed E-state index contributed by atoms with van der Waals surface area (Å²) in [4.78, 5) is 38.7. The molecule has 0 fully saturated rings. The Bertz CT molecular complexity index is 1210. The van der Waals surface area contributed by atoms with Crippen LogP contribution in [0.3, 0.4) is 0 Å². The maximum Gasteiger partial charge on any atom is 0.258 e. The van der Waals surface area contributed by atoms with Crippen LogP contribution in [0.5, 0.6) is 0 Å². The second kappa shape index (κ2) is 9.60. The number of carbonyl (C=O) groups excluding carboxylic acids is 3. The minimum absolute atomic E-state index is 0.0214. The van der Waals surface area contributed by atoms with E-state index in [1.807, 2.05) is 24.3 Å². The van der Waals surface area contributed by atoms with Gasteiger partial charge in [0.1, 0.15) is 11.6 Å². The molecule has 0 bridgehead atoms. The van der Waals surface area contributed by atoms with Gasteiger partial charge < -0.3 is 15.5 Å². The zero-order valence-corrected chi connectivity index (χ0v) is 17.6. The Labute approximate surface area is 189 Å². The zero-order valence-electron chi connectivity index (χ0n) is 17.6. The van der Waals surface area contributed by atoms with Crippen LogP contribution in [0.25, 0.3) is 0 Å². The molecule has 0 spiro atoms. The summed E-state index contributed by atoms with van der Waals surface area (Å²) in [6.07, 6.45) is 0.778. The number of hydrogen-bond donors (Lipinski definition) is 2. The van der Waals surface area contributed by atoms with Crippen LogP contribution in [0, 0.1) is 11.6 Å². The van der Waals surface area contributed by atoms with Crippen LogP contribution in [0.2, 0.25) is 0 Å². The molecule has 3 aromatic rings. The number of rotatable bonds is 6. The first-order chi connectivity index (χ1) is 15.9. The maximum atomic E-state index is 13.6. The van der Waals surface area contributed by atoms with E-state index in [0.29, 0.717) is 23.9 Å². The van der Waals surface area contributed by atoms with Gasteiger partial charge in [-0.05, 0) is 54.4 Å². The molecule has 1 aliphatic heterocycles. The number of nitrogens with one attached hydrogen (secondary N) is 2. The van der Waals surface area contributed by atoms with Crippen molar-refractivity contribution in [3.63, 3.8) is 0 Å². The number of carbonyl (C=O) groups is 3. The minimum atomic E-state index is -0.969. The van der Waals surface area contributed by atoms with E-state index in [0.717, 1.165) is 29.8 Å². The molecule has 1 heterocycles. The fraction of sp³-hybridized carbons (Fsp3) is 0.160. The lowest BCUT2D eigenvalue weighted by Gasteiger charge is -2.17. The average Bonchev–Trinajstić information content (AvgIpc) is 3.23. The summed E-state index contributed by atoms with van der Waals surface area (Å²) >= 11 is 0. The van der Waals surface area contributed by atoms with Crippen LogP contribution in [-0.2, 0) is 11.2 Å². The molecule has 0 aliphatic carbocycles. The molecular formula is C25H21F2N3O3. The molecular weight excluding hydrogens is 428 g/mol. The van der Waals surface area contributed by atoms with Gasteiger partial charge in [0.25, 0.3) is 11.8 Å². The Hall–Kier alpha value is -4.07. The van der Waals surface area contributed by atoms with Crippen molar-refractivity contribution in [1.82, 2.24) is 5.32 Å². The second-order valence-corrected chi connectivity index (χ2v) is 7.59. The molecule has 0 aromatic heterocycles. The van der Waals surface area contributed by atoms with Gasteiger partial charge in [0.2, 0.25) is 5.91 Å². The number of amides is 3. The number of nitrogens with zero attached hydrogens (tertiary/aromatic N) is 1. The fourth-order valence-corrected chi connectivity index (χ4v) is 3.68. The van der Waals surface area contributed by atoms with Gasteiger partial charge in [-0.25, -0.2) is 8.78 Å². The first-order valence-corrected chi connectivity index (χ1v) is 10.5. The van der Waals surface area contributed by atoms with Gasteiger partial charge in [-0.15, -0.1) is 0 Å². The molecule has 3 amide bonds. The second-order valence-electron chi connectivity index (χ2n) is 7.59. The van der Waals surface area contributed by atoms with Crippen molar-refractivity contribution in [3.05, 3.63) is 95.1 Å². The molecule has 3 aromatic carbocycles. The Kier molecular flexibility index (Phi) is 6.44. The number of fused-ring (bicyclic) bond motifs is 1. The highest BCUT2D eigenvalue weighted by Gasteiger charge is 2.25. The third-order valence-electron chi connectivity index (χ3n) is 5.36. The minimum Gasteiger partial charge on any atom is -0.351 e. The Morgan fingerprint density at radius 1 is 0.939 bits per heavy atom. The van der Waals surface area contributed by atoms with E-state index >= 15 is 0 Å². The predicted octanol–water partition coefficient (Wildman–Crippen LogP) is 3.93. The van der Waals surface area contributed by atoms with Crippen molar-refractivity contribution in [2.45, 2.75) is 12.8 Å². The Morgan fingerprint density at radius 3 is 2.45 bits per heavy atom. The number of para-hydroxylation sites is 1. The summed E-state index contributed by atoms with van der Waals surface area (Å²) in [5, 5.41) is 5.11. The van der Waals surface area contributed by atoms with Gasteiger partial charge in [-0.3, -0.25) is 14.4 Å². The van der Waals surface area contributed by atoms with E-state index in [4.69, 9.17) is 0 Å². The lowest BCUT2D eigenvalue weighted by Crippen LogP contribution is -2.29. The summed E-state index contributed by atoms with van der Waals surface area (Å²) in [5.41, 5.74) is 2.79. The summed E-state index contributed by atoms with van der Waals surface area (Å²) < 4.78 is 26.6. The lowest BCUT2D eigenvalue weighted by atomic mass is 10.1. The first-order valence-electron chi connectivity index (χ1n) is 10.5. The summed E-state index contributed by atoms with van der Waals surface area (Å²) in [6.45, 7) is 0.608. The third kappa shape index (κ3) is 5.06. The Morgan fingerprint density at radius 2 is 1.70 bits per heavy atom. The zero-order chi connectivity index (χ0) is 23.4. The molecule has 0 atom stereocenters. The van der Waals surface area contributed by atoms with Crippen molar-refractivity contribution >= 4 is 29.1 Å². The van der Waals surface area contributed by atoms with Gasteiger partial charge >= 0.3 is 0 Å². The monoisotopic (exact) mass is 449 g/mol. The molecule has 33 heavy (non-hydrogen) atoms. The number of halogens is 2. The largest absolute Gasteiger partial charge is 0.351 e. The van der Waals surface area contributed by atoms with E-state index in [1.54, 1.807) is 29.2 Å². The van der Waals surface area contributed by atoms with E-state index in [-0.39, 0.29) is 30.3 Å². The van der Waals surface area contributed by atoms with Crippen LogP contribution in [0.4, 0.5) is 20.2 Å². The topological polar surface area (TPSA) is 78.5 Å². The molecule has 8 heteroatoms. The van der Waals surface area contributed by atoms with Crippen molar-refractivity contribution in [3.8, 4) is 0 Å². The first kappa shape index (κ1) is 22.1. The van der Waals surface area contributed by atoms with E-state index in [1.165, 1.54) is 0 Å². The van der Waals surface area contributed by atoms with Crippen molar-refractivity contribution < 1.29 is 23.2 Å². The van der Waals surface area contributed by atoms with Gasteiger partial charge in [-0.2, -0.15) is 0 Å². The van der Waals surface area contributed by atoms with Gasteiger partial charge in [0, 0.05) is 42.5 Å². The smallest absolute Gasteiger partial charge is 0.258 e. The van der Waals surface area contributed by atoms with Crippen LogP contribution in [-0.4, -0.2) is 30.8 Å². The highest BCUT2D eigenvalue weighted by Crippen LogP contribution is 2.29. The number of hydrogen-bond acceptors (Lipinski definition) is 3. The summed E-state index contributed by atoms with van der Waals surface area (Å²) in [6, 6.07) is 17.0. The third-order valence-corrected chi connectivity index (χ3v) is 5.36.